The van der Waals surface area contributed by atoms with E-state index in [9.17, 15) is 13.2 Å². The first-order chi connectivity index (χ1) is 14.4. The maximum atomic E-state index is 13.0. The molecule has 1 fully saturated rings. The SMILES string of the molecule is COc1ccc(OC)c(C(=O)Nc2cc(S(=O)(=O)N3CCOCC3)ccc2OC)c1. The van der Waals surface area contributed by atoms with E-state index in [-0.39, 0.29) is 29.2 Å². The molecule has 162 valence electrons. The normalized spacial score (nSPS) is 14.8. The van der Waals surface area contributed by atoms with Crippen molar-refractivity contribution in [3.63, 3.8) is 0 Å². The molecule has 1 aliphatic heterocycles. The Morgan fingerprint density at radius 1 is 0.967 bits per heavy atom. The van der Waals surface area contributed by atoms with E-state index in [1.807, 2.05) is 0 Å². The third-order valence-corrected chi connectivity index (χ3v) is 6.57. The van der Waals surface area contributed by atoms with Crippen LogP contribution in [0.4, 0.5) is 5.69 Å². The second kappa shape index (κ2) is 9.33. The quantitative estimate of drug-likeness (QED) is 0.708. The first kappa shape index (κ1) is 21.9. The fourth-order valence-electron chi connectivity index (χ4n) is 3.06. The lowest BCUT2D eigenvalue weighted by molar-refractivity contribution is 0.0730. The smallest absolute Gasteiger partial charge is 0.259 e. The van der Waals surface area contributed by atoms with Gasteiger partial charge in [-0.2, -0.15) is 4.31 Å². The van der Waals surface area contributed by atoms with Crippen LogP contribution in [0.1, 0.15) is 10.4 Å². The first-order valence-corrected chi connectivity index (χ1v) is 10.6. The van der Waals surface area contributed by atoms with Crippen molar-refractivity contribution >= 4 is 21.6 Å². The van der Waals surface area contributed by atoms with Gasteiger partial charge in [0.25, 0.3) is 5.91 Å². The van der Waals surface area contributed by atoms with Crippen LogP contribution in [0.2, 0.25) is 0 Å². The fourth-order valence-corrected chi connectivity index (χ4v) is 4.50. The molecule has 9 nitrogen and oxygen atoms in total. The van der Waals surface area contributed by atoms with Gasteiger partial charge in [-0.25, -0.2) is 8.42 Å². The largest absolute Gasteiger partial charge is 0.497 e. The molecule has 1 saturated heterocycles. The van der Waals surface area contributed by atoms with Crippen LogP contribution in [-0.4, -0.2) is 66.3 Å². The van der Waals surface area contributed by atoms with Crippen LogP contribution in [0.15, 0.2) is 41.3 Å². The molecule has 10 heteroatoms. The zero-order chi connectivity index (χ0) is 21.7. The average Bonchev–Trinajstić information content (AvgIpc) is 2.79. The van der Waals surface area contributed by atoms with Gasteiger partial charge in [0.1, 0.15) is 17.2 Å². The van der Waals surface area contributed by atoms with Gasteiger partial charge in [-0.1, -0.05) is 0 Å². The zero-order valence-electron chi connectivity index (χ0n) is 17.0. The van der Waals surface area contributed by atoms with E-state index >= 15 is 0 Å². The van der Waals surface area contributed by atoms with Crippen molar-refractivity contribution in [3.05, 3.63) is 42.0 Å². The molecule has 1 N–H and O–H groups in total. The summed E-state index contributed by atoms with van der Waals surface area (Å²) in [6, 6.07) is 9.16. The number of amides is 1. The number of anilines is 1. The predicted molar refractivity (Wildman–Crippen MR) is 110 cm³/mol. The Bertz CT molecular complexity index is 1020. The molecule has 0 atom stereocenters. The van der Waals surface area contributed by atoms with Crippen molar-refractivity contribution in [2.45, 2.75) is 4.90 Å². The van der Waals surface area contributed by atoms with Crippen LogP contribution in [0.3, 0.4) is 0 Å². The highest BCUT2D eigenvalue weighted by Gasteiger charge is 2.27. The standard InChI is InChI=1S/C20H24N2O7S/c1-26-14-4-6-18(27-2)16(12-14)20(23)21-17-13-15(5-7-19(17)28-3)30(24,25)22-8-10-29-11-9-22/h4-7,12-13H,8-11H2,1-3H3,(H,21,23). The molecule has 3 rings (SSSR count). The number of ether oxygens (including phenoxy) is 4. The first-order valence-electron chi connectivity index (χ1n) is 9.20. The zero-order valence-corrected chi connectivity index (χ0v) is 17.8. The van der Waals surface area contributed by atoms with E-state index in [4.69, 9.17) is 18.9 Å². The highest BCUT2D eigenvalue weighted by molar-refractivity contribution is 7.89. The third-order valence-electron chi connectivity index (χ3n) is 4.68. The van der Waals surface area contributed by atoms with Crippen molar-refractivity contribution in [1.29, 1.82) is 0 Å². The second-order valence-corrected chi connectivity index (χ2v) is 8.34. The van der Waals surface area contributed by atoms with Gasteiger partial charge in [-0.15, -0.1) is 0 Å². The van der Waals surface area contributed by atoms with Crippen LogP contribution in [-0.2, 0) is 14.8 Å². The molecule has 0 radical (unpaired) electrons. The van der Waals surface area contributed by atoms with Gasteiger partial charge in [0.05, 0.1) is 50.7 Å². The molecule has 1 amide bonds. The number of morpholine rings is 1. The van der Waals surface area contributed by atoms with E-state index in [2.05, 4.69) is 5.32 Å². The van der Waals surface area contributed by atoms with E-state index in [0.29, 0.717) is 30.5 Å². The van der Waals surface area contributed by atoms with E-state index in [0.717, 1.165) is 0 Å². The van der Waals surface area contributed by atoms with Crippen LogP contribution in [0.5, 0.6) is 17.2 Å². The molecule has 0 aliphatic carbocycles. The van der Waals surface area contributed by atoms with Crippen molar-refractivity contribution in [3.8, 4) is 17.2 Å². The maximum Gasteiger partial charge on any atom is 0.259 e. The highest BCUT2D eigenvalue weighted by Crippen LogP contribution is 2.31. The number of hydrogen-bond acceptors (Lipinski definition) is 7. The number of carbonyl (C=O) groups excluding carboxylic acids is 1. The molecule has 0 spiro atoms. The summed E-state index contributed by atoms with van der Waals surface area (Å²) < 4.78 is 48.2. The number of sulfonamides is 1. The number of nitrogens with one attached hydrogen (secondary N) is 1. The maximum absolute atomic E-state index is 13.0. The van der Waals surface area contributed by atoms with Gasteiger partial charge >= 0.3 is 0 Å². The van der Waals surface area contributed by atoms with Crippen LogP contribution in [0.25, 0.3) is 0 Å². The Labute approximate surface area is 175 Å². The number of benzene rings is 2. The highest BCUT2D eigenvalue weighted by atomic mass is 32.2. The van der Waals surface area contributed by atoms with E-state index in [1.54, 1.807) is 12.1 Å². The number of rotatable bonds is 7. The number of methoxy groups -OCH3 is 3. The molecule has 0 bridgehead atoms. The lowest BCUT2D eigenvalue weighted by Crippen LogP contribution is -2.40. The predicted octanol–water partition coefficient (Wildman–Crippen LogP) is 1.99. The lowest BCUT2D eigenvalue weighted by Gasteiger charge is -2.26. The fraction of sp³-hybridized carbons (Fsp3) is 0.350. The van der Waals surface area contributed by atoms with Gasteiger partial charge in [-0.3, -0.25) is 4.79 Å². The average molecular weight is 436 g/mol. The molecule has 0 unspecified atom stereocenters. The monoisotopic (exact) mass is 436 g/mol. The van der Waals surface area contributed by atoms with Gasteiger partial charge in [-0.05, 0) is 36.4 Å². The van der Waals surface area contributed by atoms with Gasteiger partial charge in [0.2, 0.25) is 10.0 Å². The Kier molecular flexibility index (Phi) is 6.80. The van der Waals surface area contributed by atoms with Crippen molar-refractivity contribution in [2.24, 2.45) is 0 Å². The molecule has 2 aromatic carbocycles. The van der Waals surface area contributed by atoms with Crippen molar-refractivity contribution in [2.75, 3.05) is 52.9 Å². The second-order valence-electron chi connectivity index (χ2n) is 6.40. The van der Waals surface area contributed by atoms with Crippen molar-refractivity contribution in [1.82, 2.24) is 4.31 Å². The van der Waals surface area contributed by atoms with E-state index < -0.39 is 15.9 Å². The van der Waals surface area contributed by atoms with Gasteiger partial charge in [0, 0.05) is 13.1 Å². The Morgan fingerprint density at radius 2 is 1.63 bits per heavy atom. The topological polar surface area (TPSA) is 103 Å². The summed E-state index contributed by atoms with van der Waals surface area (Å²) in [5, 5.41) is 2.71. The molecule has 2 aromatic rings. The summed E-state index contributed by atoms with van der Waals surface area (Å²) in [7, 11) is 0.652. The molecular weight excluding hydrogens is 412 g/mol. The van der Waals surface area contributed by atoms with Crippen LogP contribution in [0, 0.1) is 0 Å². The Balaban J connectivity index is 1.94. The third kappa shape index (κ3) is 4.50. The summed E-state index contributed by atoms with van der Waals surface area (Å²) in [5.74, 6) is 0.664. The number of carbonyl (C=O) groups is 1. The Hall–Kier alpha value is -2.82. The van der Waals surface area contributed by atoms with E-state index in [1.165, 1.54) is 49.9 Å². The lowest BCUT2D eigenvalue weighted by atomic mass is 10.1. The minimum atomic E-state index is -3.73. The molecule has 1 aliphatic rings. The Morgan fingerprint density at radius 3 is 2.27 bits per heavy atom. The molecule has 1 heterocycles. The minimum absolute atomic E-state index is 0.0538. The number of nitrogens with zero attached hydrogens (tertiary/aromatic N) is 1. The molecule has 0 aromatic heterocycles. The molecule has 0 saturated carbocycles. The van der Waals surface area contributed by atoms with Crippen LogP contribution >= 0.6 is 0 Å². The summed E-state index contributed by atoms with van der Waals surface area (Å²) >= 11 is 0. The molecule has 30 heavy (non-hydrogen) atoms. The summed E-state index contributed by atoms with van der Waals surface area (Å²) in [4.78, 5) is 13.0. The van der Waals surface area contributed by atoms with Gasteiger partial charge in [0.15, 0.2) is 0 Å². The molecular formula is C20H24N2O7S. The van der Waals surface area contributed by atoms with Crippen molar-refractivity contribution < 1.29 is 32.2 Å². The van der Waals surface area contributed by atoms with Gasteiger partial charge < -0.3 is 24.3 Å². The minimum Gasteiger partial charge on any atom is -0.497 e. The summed E-state index contributed by atoms with van der Waals surface area (Å²) in [6.07, 6.45) is 0. The summed E-state index contributed by atoms with van der Waals surface area (Å²) in [5.41, 5.74) is 0.460. The summed E-state index contributed by atoms with van der Waals surface area (Å²) in [6.45, 7) is 1.23. The number of hydrogen-bond donors (Lipinski definition) is 1. The van der Waals surface area contributed by atoms with Crippen LogP contribution < -0.4 is 19.5 Å².